The predicted molar refractivity (Wildman–Crippen MR) is 71.2 cm³/mol. The number of phenolic OH excluding ortho intramolecular Hbond substituents is 1. The molecule has 4 nitrogen and oxygen atoms in total. The Bertz CT molecular complexity index is 615. The van der Waals surface area contributed by atoms with Gasteiger partial charge in [-0.05, 0) is 31.5 Å². The second-order valence-electron chi connectivity index (χ2n) is 4.78. The quantitative estimate of drug-likeness (QED) is 0.904. The summed E-state index contributed by atoms with van der Waals surface area (Å²) in [6.45, 7) is 4.76. The van der Waals surface area contributed by atoms with E-state index in [1.54, 1.807) is 4.68 Å². The van der Waals surface area contributed by atoms with Crippen molar-refractivity contribution >= 4 is 0 Å². The highest BCUT2D eigenvalue weighted by atomic mass is 19.1. The monoisotopic (exact) mass is 281 g/mol. The van der Waals surface area contributed by atoms with Crippen LogP contribution in [0, 0.1) is 25.5 Å². The Morgan fingerprint density at radius 3 is 2.30 bits per heavy atom. The molecule has 2 rings (SSSR count). The molecule has 0 aliphatic heterocycles. The summed E-state index contributed by atoms with van der Waals surface area (Å²) in [7, 11) is 1.87. The van der Waals surface area contributed by atoms with Crippen molar-refractivity contribution in [3.63, 3.8) is 0 Å². The molecule has 0 aliphatic carbocycles. The molecule has 6 heteroatoms. The van der Waals surface area contributed by atoms with Crippen LogP contribution in [0.2, 0.25) is 0 Å². The minimum absolute atomic E-state index is 0.307. The predicted octanol–water partition coefficient (Wildman–Crippen LogP) is 2.31. The summed E-state index contributed by atoms with van der Waals surface area (Å²) in [5.74, 6) is -2.83. The maximum atomic E-state index is 13.2. The number of nitrogens with zero attached hydrogens (tertiary/aromatic N) is 2. The van der Waals surface area contributed by atoms with Crippen LogP contribution in [0.25, 0.3) is 0 Å². The number of rotatable bonds is 4. The van der Waals surface area contributed by atoms with Crippen LogP contribution >= 0.6 is 0 Å². The van der Waals surface area contributed by atoms with Crippen LogP contribution in [-0.4, -0.2) is 14.9 Å². The number of phenols is 1. The van der Waals surface area contributed by atoms with Crippen LogP contribution in [0.3, 0.4) is 0 Å². The van der Waals surface area contributed by atoms with Crippen LogP contribution in [0.4, 0.5) is 8.78 Å². The first-order valence-electron chi connectivity index (χ1n) is 6.26. The number of hydrogen-bond acceptors (Lipinski definition) is 3. The first-order chi connectivity index (χ1) is 9.40. The van der Waals surface area contributed by atoms with E-state index in [-0.39, 0.29) is 0 Å². The van der Waals surface area contributed by atoms with Gasteiger partial charge in [0.05, 0.1) is 5.69 Å². The number of aromatic hydroxyl groups is 1. The molecule has 0 spiro atoms. The highest BCUT2D eigenvalue weighted by Gasteiger charge is 2.11. The summed E-state index contributed by atoms with van der Waals surface area (Å²) in [4.78, 5) is 0. The smallest absolute Gasteiger partial charge is 0.187 e. The van der Waals surface area contributed by atoms with E-state index in [0.29, 0.717) is 18.7 Å². The van der Waals surface area contributed by atoms with Gasteiger partial charge in [0.25, 0.3) is 0 Å². The fourth-order valence-corrected chi connectivity index (χ4v) is 2.13. The summed E-state index contributed by atoms with van der Waals surface area (Å²) in [5.41, 5.74) is 3.50. The van der Waals surface area contributed by atoms with E-state index in [0.717, 1.165) is 29.1 Å². The van der Waals surface area contributed by atoms with Crippen molar-refractivity contribution in [2.45, 2.75) is 26.9 Å². The third kappa shape index (κ3) is 2.80. The van der Waals surface area contributed by atoms with Gasteiger partial charge < -0.3 is 10.4 Å². The van der Waals surface area contributed by atoms with E-state index < -0.39 is 17.4 Å². The molecule has 1 aromatic heterocycles. The van der Waals surface area contributed by atoms with Gasteiger partial charge in [-0.1, -0.05) is 0 Å². The summed E-state index contributed by atoms with van der Waals surface area (Å²) in [5, 5.41) is 16.4. The van der Waals surface area contributed by atoms with Crippen molar-refractivity contribution in [3.8, 4) is 5.75 Å². The highest BCUT2D eigenvalue weighted by molar-refractivity contribution is 5.30. The Morgan fingerprint density at radius 2 is 1.80 bits per heavy atom. The number of nitrogens with one attached hydrogen (secondary N) is 1. The minimum Gasteiger partial charge on any atom is -0.503 e. The van der Waals surface area contributed by atoms with Gasteiger partial charge in [-0.15, -0.1) is 0 Å². The van der Waals surface area contributed by atoms with Gasteiger partial charge in [0, 0.05) is 31.4 Å². The number of aromatic nitrogens is 2. The first-order valence-corrected chi connectivity index (χ1v) is 6.26. The molecule has 0 atom stereocenters. The lowest BCUT2D eigenvalue weighted by Crippen LogP contribution is -2.14. The maximum Gasteiger partial charge on any atom is 0.187 e. The van der Waals surface area contributed by atoms with Gasteiger partial charge in [0.15, 0.2) is 17.4 Å². The van der Waals surface area contributed by atoms with Crippen molar-refractivity contribution < 1.29 is 13.9 Å². The largest absolute Gasteiger partial charge is 0.503 e. The minimum atomic E-state index is -0.949. The van der Waals surface area contributed by atoms with Gasteiger partial charge >= 0.3 is 0 Å². The number of hydrogen-bond donors (Lipinski definition) is 2. The zero-order valence-electron chi connectivity index (χ0n) is 11.7. The van der Waals surface area contributed by atoms with E-state index in [2.05, 4.69) is 10.4 Å². The van der Waals surface area contributed by atoms with Crippen LogP contribution in [0.5, 0.6) is 5.75 Å². The van der Waals surface area contributed by atoms with Crippen LogP contribution in [-0.2, 0) is 20.1 Å². The Hall–Kier alpha value is -1.95. The molecule has 0 amide bonds. The summed E-state index contributed by atoms with van der Waals surface area (Å²) < 4.78 is 28.2. The molecule has 1 heterocycles. The maximum absolute atomic E-state index is 13.2. The molecule has 0 saturated heterocycles. The zero-order chi connectivity index (χ0) is 14.9. The van der Waals surface area contributed by atoms with Crippen LogP contribution in [0.1, 0.15) is 22.5 Å². The molecule has 0 saturated carbocycles. The molecular formula is C14H17F2N3O. The van der Waals surface area contributed by atoms with E-state index in [1.807, 2.05) is 20.9 Å². The SMILES string of the molecule is Cc1nn(C)c(C)c1CNCc1cc(F)c(O)c(F)c1. The molecule has 108 valence electrons. The fourth-order valence-electron chi connectivity index (χ4n) is 2.13. The summed E-state index contributed by atoms with van der Waals surface area (Å²) in [6, 6.07) is 2.24. The fraction of sp³-hybridized carbons (Fsp3) is 0.357. The molecule has 0 unspecified atom stereocenters. The van der Waals surface area contributed by atoms with Gasteiger partial charge in [-0.3, -0.25) is 4.68 Å². The van der Waals surface area contributed by atoms with Crippen LogP contribution in [0.15, 0.2) is 12.1 Å². The molecule has 0 aliphatic rings. The van der Waals surface area contributed by atoms with E-state index >= 15 is 0 Å². The second kappa shape index (κ2) is 5.58. The van der Waals surface area contributed by atoms with Gasteiger partial charge in [-0.25, -0.2) is 8.78 Å². The Labute approximate surface area is 116 Å². The number of halogens is 2. The van der Waals surface area contributed by atoms with Crippen LogP contribution < -0.4 is 5.32 Å². The second-order valence-corrected chi connectivity index (χ2v) is 4.78. The Morgan fingerprint density at radius 1 is 1.20 bits per heavy atom. The van der Waals surface area contributed by atoms with Gasteiger partial charge in [0.1, 0.15) is 0 Å². The molecule has 0 bridgehead atoms. The molecule has 2 aromatic rings. The third-order valence-electron chi connectivity index (χ3n) is 3.37. The molecule has 20 heavy (non-hydrogen) atoms. The van der Waals surface area contributed by atoms with Crippen molar-refractivity contribution in [1.82, 2.24) is 15.1 Å². The van der Waals surface area contributed by atoms with E-state index in [1.165, 1.54) is 0 Å². The topological polar surface area (TPSA) is 50.1 Å². The van der Waals surface area contributed by atoms with Crippen molar-refractivity contribution in [1.29, 1.82) is 0 Å². The Balaban J connectivity index is 2.03. The lowest BCUT2D eigenvalue weighted by molar-refractivity contribution is 0.395. The van der Waals surface area contributed by atoms with Crippen molar-refractivity contribution in [2.75, 3.05) is 0 Å². The van der Waals surface area contributed by atoms with Gasteiger partial charge in [0.2, 0.25) is 0 Å². The lowest BCUT2D eigenvalue weighted by Gasteiger charge is -2.07. The van der Waals surface area contributed by atoms with Gasteiger partial charge in [-0.2, -0.15) is 5.10 Å². The number of aryl methyl sites for hydroxylation is 2. The molecule has 0 radical (unpaired) electrons. The van der Waals surface area contributed by atoms with Crippen molar-refractivity contribution in [3.05, 3.63) is 46.3 Å². The number of benzene rings is 1. The average molecular weight is 281 g/mol. The summed E-state index contributed by atoms with van der Waals surface area (Å²) >= 11 is 0. The molecule has 1 aromatic carbocycles. The highest BCUT2D eigenvalue weighted by Crippen LogP contribution is 2.21. The standard InChI is InChI=1S/C14H17F2N3O/c1-8-11(9(2)19(3)18-8)7-17-6-10-4-12(15)14(20)13(16)5-10/h4-5,17,20H,6-7H2,1-3H3. The lowest BCUT2D eigenvalue weighted by atomic mass is 10.1. The normalized spacial score (nSPS) is 11.1. The van der Waals surface area contributed by atoms with E-state index in [9.17, 15) is 8.78 Å². The molecule has 2 N–H and O–H groups in total. The molecule has 0 fully saturated rings. The first kappa shape index (κ1) is 14.5. The summed E-state index contributed by atoms with van der Waals surface area (Å²) in [6.07, 6.45) is 0. The van der Waals surface area contributed by atoms with Crippen molar-refractivity contribution in [2.24, 2.45) is 7.05 Å². The molecular weight excluding hydrogens is 264 g/mol. The zero-order valence-corrected chi connectivity index (χ0v) is 11.7. The third-order valence-corrected chi connectivity index (χ3v) is 3.37. The Kier molecular flexibility index (Phi) is 4.04. The average Bonchev–Trinajstić information content (AvgIpc) is 2.62. The van der Waals surface area contributed by atoms with E-state index in [4.69, 9.17) is 5.11 Å².